The van der Waals surface area contributed by atoms with Gasteiger partial charge in [0.05, 0.1) is 0 Å². The Morgan fingerprint density at radius 2 is 1.86 bits per heavy atom. The van der Waals surface area contributed by atoms with Crippen LogP contribution in [-0.2, 0) is 4.58 Å². The molecule has 0 aliphatic rings. The molecule has 7 heavy (non-hydrogen) atoms. The van der Waals surface area contributed by atoms with Gasteiger partial charge in [-0.15, -0.1) is 0 Å². The lowest BCUT2D eigenvalue weighted by molar-refractivity contribution is -1.05. The summed E-state index contributed by atoms with van der Waals surface area (Å²) in [5.41, 5.74) is 0. The molecule has 2 nitrogen and oxygen atoms in total. The number of hydrogen-bond acceptors (Lipinski definition) is 1. The SMILES string of the molecule is [O-][O+]=CC(F)(F)F. The molecular formula is C2HF3O2. The van der Waals surface area contributed by atoms with Gasteiger partial charge in [0.15, 0.2) is 0 Å². The highest BCUT2D eigenvalue weighted by atomic mass is 19.4. The minimum absolute atomic E-state index is 0.743. The molecule has 0 N–H and O–H groups in total. The van der Waals surface area contributed by atoms with E-state index in [1.807, 2.05) is 0 Å². The average molecular weight is 114 g/mol. The lowest BCUT2D eigenvalue weighted by Gasteiger charge is -1.85. The minimum atomic E-state index is -4.61. The third kappa shape index (κ3) is 5.26. The van der Waals surface area contributed by atoms with Crippen LogP contribution in [0.5, 0.6) is 0 Å². The lowest BCUT2D eigenvalue weighted by Crippen LogP contribution is -2.14. The predicted molar refractivity (Wildman–Crippen MR) is 12.1 cm³/mol. The van der Waals surface area contributed by atoms with Crippen LogP contribution in [0, 0.1) is 0 Å². The summed E-state index contributed by atoms with van der Waals surface area (Å²) in [4.78, 5) is 0. The maximum Gasteiger partial charge on any atom is 0.504 e. The summed E-state index contributed by atoms with van der Waals surface area (Å²) in [5, 5.41) is 8.67. The second-order valence-corrected chi connectivity index (χ2v) is 0.756. The molecule has 0 aliphatic heterocycles. The second-order valence-electron chi connectivity index (χ2n) is 0.756. The van der Waals surface area contributed by atoms with Crippen LogP contribution < -0.4 is 5.26 Å². The molecule has 0 saturated carbocycles. The number of carbonyl (C=O) groups excluding carboxylic acids is 1. The molecule has 0 unspecified atom stereocenters. The number of hydrogen-bond donors (Lipinski definition) is 0. The van der Waals surface area contributed by atoms with E-state index in [1.165, 1.54) is 0 Å². The molecule has 5 heteroatoms. The lowest BCUT2D eigenvalue weighted by atomic mass is 10.8. The molecule has 0 spiro atoms. The first-order valence-corrected chi connectivity index (χ1v) is 1.26. The normalized spacial score (nSPS) is 13.0. The van der Waals surface area contributed by atoms with Crippen molar-refractivity contribution in [2.24, 2.45) is 0 Å². The maximum absolute atomic E-state index is 10.7. The summed E-state index contributed by atoms with van der Waals surface area (Å²) in [5.74, 6) is 0. The second kappa shape index (κ2) is 1.81. The van der Waals surface area contributed by atoms with Gasteiger partial charge in [-0.3, -0.25) is 0 Å². The fraction of sp³-hybridized carbons (Fsp3) is 0.500. The summed E-state index contributed by atoms with van der Waals surface area (Å²) in [6.07, 6.45) is -5.35. The third-order valence-corrected chi connectivity index (χ3v) is 0.182. The Morgan fingerprint density at radius 1 is 1.43 bits per heavy atom. The highest BCUT2D eigenvalue weighted by Gasteiger charge is 2.32. The Kier molecular flexibility index (Phi) is 1.62. The summed E-state index contributed by atoms with van der Waals surface area (Å²) in [6, 6.07) is 0. The summed E-state index contributed by atoms with van der Waals surface area (Å²) < 4.78 is 34.4. The molecule has 0 saturated heterocycles. The Bertz CT molecular complexity index is 73.5. The Morgan fingerprint density at radius 3 is 1.86 bits per heavy atom. The van der Waals surface area contributed by atoms with Crippen LogP contribution in [-0.4, -0.2) is 12.5 Å². The highest BCUT2D eigenvalue weighted by molar-refractivity contribution is 5.56. The van der Waals surface area contributed by atoms with Crippen molar-refractivity contribution >= 4 is 6.29 Å². The molecule has 0 rings (SSSR count). The van der Waals surface area contributed by atoms with Gasteiger partial charge >= 0.3 is 12.5 Å². The van der Waals surface area contributed by atoms with Crippen molar-refractivity contribution in [3.63, 3.8) is 0 Å². The van der Waals surface area contributed by atoms with Crippen molar-refractivity contribution < 1.29 is 23.0 Å². The minimum Gasteiger partial charge on any atom is -0.463 e. The van der Waals surface area contributed by atoms with E-state index in [2.05, 4.69) is 4.58 Å². The van der Waals surface area contributed by atoms with Gasteiger partial charge in [-0.25, -0.2) is 0 Å². The molecule has 0 fully saturated rings. The van der Waals surface area contributed by atoms with Gasteiger partial charge in [0.25, 0.3) is 0 Å². The van der Waals surface area contributed by atoms with Crippen LogP contribution in [0.3, 0.4) is 0 Å². The molecule has 0 amide bonds. The van der Waals surface area contributed by atoms with E-state index < -0.39 is 12.5 Å². The molecule has 0 aromatic rings. The van der Waals surface area contributed by atoms with E-state index in [-0.39, 0.29) is 0 Å². The third-order valence-electron chi connectivity index (χ3n) is 0.182. The first kappa shape index (κ1) is 6.26. The van der Waals surface area contributed by atoms with Crippen LogP contribution in [0.4, 0.5) is 13.2 Å². The molecule has 42 valence electrons. The van der Waals surface area contributed by atoms with Crippen LogP contribution in [0.2, 0.25) is 0 Å². The monoisotopic (exact) mass is 114 g/mol. The molecule has 0 bridgehead atoms. The van der Waals surface area contributed by atoms with E-state index >= 15 is 0 Å². The molecule has 0 aliphatic carbocycles. The fourth-order valence-corrected chi connectivity index (χ4v) is 0.0546. The summed E-state index contributed by atoms with van der Waals surface area (Å²) >= 11 is 0. The number of rotatable bonds is 0. The summed E-state index contributed by atoms with van der Waals surface area (Å²) in [7, 11) is 0. The highest BCUT2D eigenvalue weighted by Crippen LogP contribution is 2.08. The van der Waals surface area contributed by atoms with Crippen molar-refractivity contribution in [2.45, 2.75) is 6.18 Å². The van der Waals surface area contributed by atoms with E-state index in [9.17, 15) is 13.2 Å². The van der Waals surface area contributed by atoms with Crippen molar-refractivity contribution in [3.05, 3.63) is 0 Å². The molecule has 0 atom stereocenters. The van der Waals surface area contributed by atoms with E-state index in [0.29, 0.717) is 0 Å². The fourth-order valence-electron chi connectivity index (χ4n) is 0.0546. The standard InChI is InChI=1S/C2HF3O2/c3-2(4,5)1-7-6/h1H. The van der Waals surface area contributed by atoms with Crippen LogP contribution in [0.1, 0.15) is 0 Å². The van der Waals surface area contributed by atoms with Gasteiger partial charge in [-0.2, -0.15) is 17.7 Å². The van der Waals surface area contributed by atoms with Crippen LogP contribution >= 0.6 is 0 Å². The van der Waals surface area contributed by atoms with Gasteiger partial charge in [0.2, 0.25) is 0 Å². The topological polar surface area (TPSA) is 34.4 Å². The maximum atomic E-state index is 10.7. The Hall–Kier alpha value is -0.740. The zero-order chi connectivity index (χ0) is 5.91. The Labute approximate surface area is 36.8 Å². The molecule has 0 heterocycles. The number of alkyl halides is 3. The first-order valence-electron chi connectivity index (χ1n) is 1.26. The van der Waals surface area contributed by atoms with Crippen molar-refractivity contribution in [1.29, 1.82) is 0 Å². The smallest absolute Gasteiger partial charge is 0.463 e. The zero-order valence-electron chi connectivity index (χ0n) is 3.03. The van der Waals surface area contributed by atoms with Crippen LogP contribution in [0.25, 0.3) is 0 Å². The van der Waals surface area contributed by atoms with Gasteiger partial charge in [0, 0.05) is 0 Å². The van der Waals surface area contributed by atoms with Crippen LogP contribution in [0.15, 0.2) is 0 Å². The number of halogens is 3. The summed E-state index contributed by atoms with van der Waals surface area (Å²) in [6.45, 7) is 0. The Balaban J connectivity index is 3.56. The largest absolute Gasteiger partial charge is 0.504 e. The molecule has 0 aromatic carbocycles. The predicted octanol–water partition coefficient (Wildman–Crippen LogP) is -0.441. The molecule has 0 aromatic heterocycles. The van der Waals surface area contributed by atoms with E-state index in [1.54, 1.807) is 0 Å². The average Bonchev–Trinajstić information content (AvgIpc) is 1.30. The van der Waals surface area contributed by atoms with Gasteiger partial charge in [-0.05, 0) is 0 Å². The zero-order valence-corrected chi connectivity index (χ0v) is 3.03. The van der Waals surface area contributed by atoms with Crippen molar-refractivity contribution in [1.82, 2.24) is 0 Å². The van der Waals surface area contributed by atoms with E-state index in [4.69, 9.17) is 5.26 Å². The van der Waals surface area contributed by atoms with E-state index in [0.717, 1.165) is 0 Å². The van der Waals surface area contributed by atoms with Gasteiger partial charge in [0.1, 0.15) is 0 Å². The first-order chi connectivity index (χ1) is 3.06. The molecular weight excluding hydrogens is 113 g/mol. The van der Waals surface area contributed by atoms with Gasteiger partial charge < -0.3 is 5.26 Å². The number of aldehydes is 1. The quantitative estimate of drug-likeness (QED) is 0.182. The molecule has 0 radical (unpaired) electrons. The van der Waals surface area contributed by atoms with Crippen molar-refractivity contribution in [2.75, 3.05) is 0 Å². The van der Waals surface area contributed by atoms with Gasteiger partial charge in [-0.1, -0.05) is 0 Å². The van der Waals surface area contributed by atoms with Crippen molar-refractivity contribution in [3.8, 4) is 0 Å².